The van der Waals surface area contributed by atoms with E-state index in [9.17, 15) is 13.2 Å². The lowest BCUT2D eigenvalue weighted by molar-refractivity contribution is 0.102. The summed E-state index contributed by atoms with van der Waals surface area (Å²) in [6.07, 6.45) is 1.91. The highest BCUT2D eigenvalue weighted by Crippen LogP contribution is 2.27. The molecule has 0 spiro atoms. The molecule has 1 heterocycles. The lowest BCUT2D eigenvalue weighted by atomic mass is 10.0. The topological polar surface area (TPSA) is 66.5 Å². The van der Waals surface area contributed by atoms with E-state index < -0.39 is 15.9 Å². The molecule has 8 heteroatoms. The maximum atomic E-state index is 12.8. The summed E-state index contributed by atoms with van der Waals surface area (Å²) in [5, 5.41) is 3.19. The Morgan fingerprint density at radius 1 is 1.11 bits per heavy atom. The number of sulfonamides is 1. The third-order valence-electron chi connectivity index (χ3n) is 4.56. The van der Waals surface area contributed by atoms with Crippen LogP contribution in [0.1, 0.15) is 30.1 Å². The summed E-state index contributed by atoms with van der Waals surface area (Å²) < 4.78 is 27.1. The molecular weight excluding hydrogens is 407 g/mol. The number of carbonyl (C=O) groups is 1. The Bertz CT molecular complexity index is 926. The Labute approximate surface area is 169 Å². The van der Waals surface area contributed by atoms with E-state index in [1.54, 1.807) is 30.3 Å². The third kappa shape index (κ3) is 4.46. The molecule has 3 rings (SSSR count). The Morgan fingerprint density at radius 2 is 1.74 bits per heavy atom. The number of rotatable bonds is 4. The number of halogens is 2. The van der Waals surface area contributed by atoms with E-state index in [0.717, 1.165) is 12.8 Å². The van der Waals surface area contributed by atoms with E-state index in [-0.39, 0.29) is 20.5 Å². The Balaban J connectivity index is 1.76. The summed E-state index contributed by atoms with van der Waals surface area (Å²) in [5.74, 6) is -0.0986. The smallest absolute Gasteiger partial charge is 0.258 e. The largest absolute Gasteiger partial charge is 0.322 e. The lowest BCUT2D eigenvalue weighted by Crippen LogP contribution is -2.39. The predicted molar refractivity (Wildman–Crippen MR) is 108 cm³/mol. The lowest BCUT2D eigenvalue weighted by Gasteiger charge is -2.30. The van der Waals surface area contributed by atoms with Gasteiger partial charge in [-0.25, -0.2) is 8.42 Å². The first-order valence-electron chi connectivity index (χ1n) is 8.64. The van der Waals surface area contributed by atoms with Gasteiger partial charge >= 0.3 is 0 Å². The average molecular weight is 427 g/mol. The first kappa shape index (κ1) is 20.1. The zero-order valence-corrected chi connectivity index (χ0v) is 17.1. The van der Waals surface area contributed by atoms with Gasteiger partial charge < -0.3 is 5.32 Å². The fraction of sp³-hybridized carbons (Fsp3) is 0.316. The first-order chi connectivity index (χ1) is 12.8. The van der Waals surface area contributed by atoms with E-state index in [2.05, 4.69) is 12.2 Å². The normalized spacial score (nSPS) is 18.3. The van der Waals surface area contributed by atoms with Gasteiger partial charge in [-0.1, -0.05) is 36.2 Å². The fourth-order valence-electron chi connectivity index (χ4n) is 3.13. The van der Waals surface area contributed by atoms with Crippen molar-refractivity contribution in [3.8, 4) is 0 Å². The Morgan fingerprint density at radius 3 is 2.33 bits per heavy atom. The number of anilines is 1. The van der Waals surface area contributed by atoms with Gasteiger partial charge in [0.05, 0.1) is 20.5 Å². The second-order valence-corrected chi connectivity index (χ2v) is 9.44. The highest BCUT2D eigenvalue weighted by molar-refractivity contribution is 7.89. The molecule has 1 aliphatic heterocycles. The maximum absolute atomic E-state index is 12.8. The van der Waals surface area contributed by atoms with E-state index in [1.807, 2.05) is 0 Å². The fourth-order valence-corrected chi connectivity index (χ4v) is 5.30. The van der Waals surface area contributed by atoms with Crippen LogP contribution < -0.4 is 5.32 Å². The molecule has 1 unspecified atom stereocenters. The minimum atomic E-state index is -3.53. The van der Waals surface area contributed by atoms with E-state index >= 15 is 0 Å². The molecule has 0 saturated carbocycles. The van der Waals surface area contributed by atoms with Crippen LogP contribution in [-0.4, -0.2) is 31.7 Å². The Hall–Kier alpha value is -1.60. The second kappa shape index (κ2) is 8.19. The highest BCUT2D eigenvalue weighted by Gasteiger charge is 2.28. The summed E-state index contributed by atoms with van der Waals surface area (Å²) in [6, 6.07) is 10.9. The van der Waals surface area contributed by atoms with Crippen LogP contribution in [0.5, 0.6) is 0 Å². The molecule has 1 amide bonds. The molecule has 5 nitrogen and oxygen atoms in total. The second-order valence-electron chi connectivity index (χ2n) is 6.69. The first-order valence-corrected chi connectivity index (χ1v) is 10.8. The van der Waals surface area contributed by atoms with Crippen molar-refractivity contribution < 1.29 is 13.2 Å². The summed E-state index contributed by atoms with van der Waals surface area (Å²) in [7, 11) is -3.53. The number of benzene rings is 2. The van der Waals surface area contributed by atoms with Crippen molar-refractivity contribution >= 4 is 44.8 Å². The van der Waals surface area contributed by atoms with Crippen LogP contribution in [0.3, 0.4) is 0 Å². The molecule has 1 N–H and O–H groups in total. The molecule has 1 fully saturated rings. The molecule has 2 aromatic rings. The van der Waals surface area contributed by atoms with Gasteiger partial charge in [0.25, 0.3) is 5.91 Å². The van der Waals surface area contributed by atoms with E-state index in [4.69, 9.17) is 23.2 Å². The molecule has 0 aromatic heterocycles. The van der Waals surface area contributed by atoms with Crippen molar-refractivity contribution in [1.82, 2.24) is 4.31 Å². The molecule has 0 bridgehead atoms. The van der Waals surface area contributed by atoms with Crippen LogP contribution in [0.2, 0.25) is 10.0 Å². The van der Waals surface area contributed by atoms with E-state index in [0.29, 0.717) is 24.7 Å². The summed E-state index contributed by atoms with van der Waals surface area (Å²) in [4.78, 5) is 12.6. The van der Waals surface area contributed by atoms with Gasteiger partial charge in [0, 0.05) is 18.8 Å². The number of piperidine rings is 1. The zero-order chi connectivity index (χ0) is 19.6. The standard InChI is InChI=1S/C19H20Cl2N2O3S/c1-13-4-3-11-23(12-13)27(25,26)15-9-7-14(8-10-15)22-19(24)18-16(20)5-2-6-17(18)21/h2,5-10,13H,3-4,11-12H2,1H3,(H,22,24). The number of carbonyl (C=O) groups excluding carboxylic acids is 1. The van der Waals surface area contributed by atoms with Gasteiger partial charge in [-0.3, -0.25) is 4.79 Å². The van der Waals surface area contributed by atoms with Crippen LogP contribution in [0.25, 0.3) is 0 Å². The van der Waals surface area contributed by atoms with Crippen LogP contribution in [0.4, 0.5) is 5.69 Å². The Kier molecular flexibility index (Phi) is 6.11. The quantitative estimate of drug-likeness (QED) is 0.772. The molecule has 0 radical (unpaired) electrons. The summed E-state index contributed by atoms with van der Waals surface area (Å²) in [6.45, 7) is 3.13. The van der Waals surface area contributed by atoms with Gasteiger partial charge in [0.2, 0.25) is 10.0 Å². The van der Waals surface area contributed by atoms with Crippen LogP contribution in [-0.2, 0) is 10.0 Å². The minimum absolute atomic E-state index is 0.180. The molecule has 27 heavy (non-hydrogen) atoms. The van der Waals surface area contributed by atoms with Crippen LogP contribution in [0.15, 0.2) is 47.4 Å². The van der Waals surface area contributed by atoms with E-state index in [1.165, 1.54) is 16.4 Å². The SMILES string of the molecule is CC1CCCN(S(=O)(=O)c2ccc(NC(=O)c3c(Cl)cccc3Cl)cc2)C1. The number of hydrogen-bond acceptors (Lipinski definition) is 3. The number of amides is 1. The molecule has 0 aliphatic carbocycles. The zero-order valence-electron chi connectivity index (χ0n) is 14.8. The van der Waals surface area contributed by atoms with Gasteiger partial charge in [-0.05, 0) is 55.2 Å². The predicted octanol–water partition coefficient (Wildman–Crippen LogP) is 4.67. The molecule has 1 saturated heterocycles. The van der Waals surface area contributed by atoms with Crippen molar-refractivity contribution in [2.45, 2.75) is 24.7 Å². The van der Waals surface area contributed by atoms with Gasteiger partial charge in [0.15, 0.2) is 0 Å². The minimum Gasteiger partial charge on any atom is -0.322 e. The monoisotopic (exact) mass is 426 g/mol. The number of hydrogen-bond donors (Lipinski definition) is 1. The number of nitrogens with zero attached hydrogens (tertiary/aromatic N) is 1. The van der Waals surface area contributed by atoms with Crippen LogP contribution in [0, 0.1) is 5.92 Å². The highest BCUT2D eigenvalue weighted by atomic mass is 35.5. The molecule has 1 aliphatic rings. The van der Waals surface area contributed by atoms with Crippen molar-refractivity contribution in [3.05, 3.63) is 58.1 Å². The van der Waals surface area contributed by atoms with Crippen molar-refractivity contribution in [2.75, 3.05) is 18.4 Å². The molecule has 1 atom stereocenters. The van der Waals surface area contributed by atoms with Crippen molar-refractivity contribution in [1.29, 1.82) is 0 Å². The number of nitrogens with one attached hydrogen (secondary N) is 1. The van der Waals surface area contributed by atoms with Crippen molar-refractivity contribution in [3.63, 3.8) is 0 Å². The summed E-state index contributed by atoms with van der Waals surface area (Å²) in [5.41, 5.74) is 0.641. The molecule has 144 valence electrons. The van der Waals surface area contributed by atoms with Crippen molar-refractivity contribution in [2.24, 2.45) is 5.92 Å². The summed E-state index contributed by atoms with van der Waals surface area (Å²) >= 11 is 12.1. The van der Waals surface area contributed by atoms with Gasteiger partial charge in [-0.15, -0.1) is 0 Å². The van der Waals surface area contributed by atoms with Gasteiger partial charge in [0.1, 0.15) is 0 Å². The maximum Gasteiger partial charge on any atom is 0.258 e. The average Bonchev–Trinajstić information content (AvgIpc) is 2.62. The third-order valence-corrected chi connectivity index (χ3v) is 7.07. The molecule has 2 aromatic carbocycles. The molecular formula is C19H20Cl2N2O3S. The van der Waals surface area contributed by atoms with Crippen LogP contribution >= 0.6 is 23.2 Å². The van der Waals surface area contributed by atoms with Gasteiger partial charge in [-0.2, -0.15) is 4.31 Å².